The Bertz CT molecular complexity index is 555. The Labute approximate surface area is 108 Å². The lowest BCUT2D eigenvalue weighted by molar-refractivity contribution is 0.198. The third kappa shape index (κ3) is 3.09. The quantitative estimate of drug-likeness (QED) is 0.899. The highest BCUT2D eigenvalue weighted by Crippen LogP contribution is 2.31. The Balaban J connectivity index is 2.24. The maximum absolute atomic E-state index is 13.8. The van der Waals surface area contributed by atoms with Crippen LogP contribution < -0.4 is 0 Å². The van der Waals surface area contributed by atoms with Crippen molar-refractivity contribution in [1.29, 1.82) is 0 Å². The molecule has 2 rings (SSSR count). The Hall–Kier alpha value is -1.39. The number of halogens is 2. The van der Waals surface area contributed by atoms with Gasteiger partial charge in [-0.1, -0.05) is 23.9 Å². The van der Waals surface area contributed by atoms with Crippen molar-refractivity contribution >= 4 is 11.8 Å². The van der Waals surface area contributed by atoms with Crippen molar-refractivity contribution < 1.29 is 13.9 Å². The van der Waals surface area contributed by atoms with Crippen molar-refractivity contribution in [3.8, 4) is 0 Å². The van der Waals surface area contributed by atoms with Crippen LogP contribution in [0.1, 0.15) is 18.6 Å². The maximum Gasteiger partial charge on any atom is 0.137 e. The molecule has 0 saturated heterocycles. The molecule has 1 N–H and O–H groups in total. The minimum atomic E-state index is -0.701. The maximum atomic E-state index is 13.8. The first-order valence-corrected chi connectivity index (χ1v) is 6.29. The molecule has 0 aromatic heterocycles. The zero-order valence-corrected chi connectivity index (χ0v) is 10.5. The van der Waals surface area contributed by atoms with Crippen LogP contribution in [0.25, 0.3) is 0 Å². The van der Waals surface area contributed by atoms with Crippen molar-refractivity contribution in [2.75, 3.05) is 0 Å². The predicted molar refractivity (Wildman–Crippen MR) is 67.6 cm³/mol. The highest BCUT2D eigenvalue weighted by Gasteiger charge is 2.08. The van der Waals surface area contributed by atoms with Crippen LogP contribution in [0.4, 0.5) is 8.78 Å². The first-order chi connectivity index (χ1) is 8.56. The molecule has 1 nitrogen and oxygen atoms in total. The summed E-state index contributed by atoms with van der Waals surface area (Å²) in [5, 5.41) is 9.34. The Morgan fingerprint density at radius 3 is 2.50 bits per heavy atom. The first-order valence-electron chi connectivity index (χ1n) is 5.47. The molecule has 0 bridgehead atoms. The third-order valence-corrected chi connectivity index (χ3v) is 3.50. The molecule has 0 aliphatic carbocycles. The summed E-state index contributed by atoms with van der Waals surface area (Å²) >= 11 is 1.15. The van der Waals surface area contributed by atoms with Gasteiger partial charge in [0.15, 0.2) is 0 Å². The molecular formula is C14H12F2OS. The molecule has 0 aliphatic heterocycles. The number of rotatable bonds is 3. The van der Waals surface area contributed by atoms with Crippen LogP contribution >= 0.6 is 11.8 Å². The summed E-state index contributed by atoms with van der Waals surface area (Å²) in [5.41, 5.74) is 0.524. The van der Waals surface area contributed by atoms with E-state index in [-0.39, 0.29) is 5.82 Å². The highest BCUT2D eigenvalue weighted by molar-refractivity contribution is 7.99. The van der Waals surface area contributed by atoms with Gasteiger partial charge in [0.25, 0.3) is 0 Å². The molecule has 1 unspecified atom stereocenters. The number of hydrogen-bond acceptors (Lipinski definition) is 2. The van der Waals surface area contributed by atoms with Crippen LogP contribution in [0.2, 0.25) is 0 Å². The van der Waals surface area contributed by atoms with Crippen molar-refractivity contribution in [2.45, 2.75) is 22.8 Å². The monoisotopic (exact) mass is 266 g/mol. The summed E-state index contributed by atoms with van der Waals surface area (Å²) in [6.45, 7) is 1.58. The summed E-state index contributed by atoms with van der Waals surface area (Å²) < 4.78 is 26.8. The summed E-state index contributed by atoms with van der Waals surface area (Å²) in [6, 6.07) is 10.5. The predicted octanol–water partition coefficient (Wildman–Crippen LogP) is 4.17. The van der Waals surface area contributed by atoms with Gasteiger partial charge in [0.1, 0.15) is 11.6 Å². The van der Waals surface area contributed by atoms with Crippen molar-refractivity contribution in [3.63, 3.8) is 0 Å². The molecule has 0 amide bonds. The minimum absolute atomic E-state index is 0.346. The van der Waals surface area contributed by atoms with Crippen molar-refractivity contribution in [1.82, 2.24) is 0 Å². The average Bonchev–Trinajstić information content (AvgIpc) is 2.31. The van der Waals surface area contributed by atoms with Crippen LogP contribution in [0.3, 0.4) is 0 Å². The van der Waals surface area contributed by atoms with Crippen LogP contribution in [-0.4, -0.2) is 5.11 Å². The standard InChI is InChI=1S/C14H12F2OS/c1-9(17)10-5-6-14(13(16)7-10)18-12-4-2-3-11(15)8-12/h2-9,17H,1H3. The molecule has 1 atom stereocenters. The van der Waals surface area contributed by atoms with Gasteiger partial charge in [0.05, 0.1) is 6.10 Å². The molecule has 0 aliphatic rings. The zero-order valence-electron chi connectivity index (χ0n) is 9.73. The number of aliphatic hydroxyl groups is 1. The van der Waals surface area contributed by atoms with E-state index in [0.717, 1.165) is 11.8 Å². The lowest BCUT2D eigenvalue weighted by Gasteiger charge is -2.08. The highest BCUT2D eigenvalue weighted by atomic mass is 32.2. The van der Waals surface area contributed by atoms with Gasteiger partial charge in [0, 0.05) is 9.79 Å². The van der Waals surface area contributed by atoms with E-state index < -0.39 is 11.9 Å². The second-order valence-electron chi connectivity index (χ2n) is 3.93. The smallest absolute Gasteiger partial charge is 0.137 e. The van der Waals surface area contributed by atoms with Gasteiger partial charge in [-0.15, -0.1) is 0 Å². The molecule has 0 saturated carbocycles. The second-order valence-corrected chi connectivity index (χ2v) is 5.04. The van der Waals surface area contributed by atoms with Crippen LogP contribution in [0.15, 0.2) is 52.3 Å². The van der Waals surface area contributed by atoms with Crippen LogP contribution in [0, 0.1) is 11.6 Å². The van der Waals surface area contributed by atoms with Crippen LogP contribution in [-0.2, 0) is 0 Å². The molecule has 0 radical (unpaired) electrons. The fourth-order valence-corrected chi connectivity index (χ4v) is 2.38. The molecule has 2 aromatic carbocycles. The van der Waals surface area contributed by atoms with E-state index in [1.807, 2.05) is 0 Å². The Kier molecular flexibility index (Phi) is 3.99. The number of benzene rings is 2. The molecule has 94 valence electrons. The second kappa shape index (κ2) is 5.50. The Morgan fingerprint density at radius 1 is 1.11 bits per heavy atom. The van der Waals surface area contributed by atoms with Crippen molar-refractivity contribution in [3.05, 3.63) is 59.7 Å². The number of aliphatic hydroxyl groups excluding tert-OH is 1. The van der Waals surface area contributed by atoms with Crippen LogP contribution in [0.5, 0.6) is 0 Å². The molecular weight excluding hydrogens is 254 g/mol. The minimum Gasteiger partial charge on any atom is -0.389 e. The van der Waals surface area contributed by atoms with Gasteiger partial charge in [-0.3, -0.25) is 0 Å². The van der Waals surface area contributed by atoms with Gasteiger partial charge in [-0.25, -0.2) is 8.78 Å². The Morgan fingerprint density at radius 2 is 1.89 bits per heavy atom. The van der Waals surface area contributed by atoms with E-state index >= 15 is 0 Å². The largest absolute Gasteiger partial charge is 0.389 e. The summed E-state index contributed by atoms with van der Waals surface area (Å²) in [5.74, 6) is -0.760. The molecule has 0 heterocycles. The van der Waals surface area contributed by atoms with E-state index in [2.05, 4.69) is 0 Å². The number of hydrogen-bond donors (Lipinski definition) is 1. The van der Waals surface area contributed by atoms with E-state index in [9.17, 15) is 13.9 Å². The lowest BCUT2D eigenvalue weighted by atomic mass is 10.1. The van der Waals surface area contributed by atoms with E-state index in [1.165, 1.54) is 18.2 Å². The third-order valence-electron chi connectivity index (χ3n) is 2.46. The molecule has 0 fully saturated rings. The average molecular weight is 266 g/mol. The molecule has 18 heavy (non-hydrogen) atoms. The van der Waals surface area contributed by atoms with Gasteiger partial charge < -0.3 is 5.11 Å². The van der Waals surface area contributed by atoms with Gasteiger partial charge in [-0.2, -0.15) is 0 Å². The molecule has 2 aromatic rings. The lowest BCUT2D eigenvalue weighted by Crippen LogP contribution is -1.92. The van der Waals surface area contributed by atoms with Crippen molar-refractivity contribution in [2.24, 2.45) is 0 Å². The van der Waals surface area contributed by atoms with Gasteiger partial charge in [0.2, 0.25) is 0 Å². The molecule has 4 heteroatoms. The fourth-order valence-electron chi connectivity index (χ4n) is 1.52. The first kappa shape index (κ1) is 13.1. The molecule has 0 spiro atoms. The zero-order chi connectivity index (χ0) is 13.1. The normalized spacial score (nSPS) is 12.4. The summed E-state index contributed by atoms with van der Waals surface area (Å²) in [6.07, 6.45) is -0.701. The van der Waals surface area contributed by atoms with E-state index in [1.54, 1.807) is 31.2 Å². The summed E-state index contributed by atoms with van der Waals surface area (Å²) in [4.78, 5) is 1.05. The van der Waals surface area contributed by atoms with Gasteiger partial charge in [-0.05, 0) is 42.8 Å². The summed E-state index contributed by atoms with van der Waals surface area (Å²) in [7, 11) is 0. The fraction of sp³-hybridized carbons (Fsp3) is 0.143. The van der Waals surface area contributed by atoms with Gasteiger partial charge >= 0.3 is 0 Å². The topological polar surface area (TPSA) is 20.2 Å². The van der Waals surface area contributed by atoms with E-state index in [4.69, 9.17) is 0 Å². The van der Waals surface area contributed by atoms with E-state index in [0.29, 0.717) is 15.4 Å². The SMILES string of the molecule is CC(O)c1ccc(Sc2cccc(F)c2)c(F)c1.